The van der Waals surface area contributed by atoms with Crippen molar-refractivity contribution in [2.45, 2.75) is 39.7 Å². The lowest BCUT2D eigenvalue weighted by Crippen LogP contribution is -2.23. The van der Waals surface area contributed by atoms with Crippen molar-refractivity contribution in [1.82, 2.24) is 10.3 Å². The van der Waals surface area contributed by atoms with E-state index in [4.69, 9.17) is 11.6 Å². The minimum Gasteiger partial charge on any atom is -0.347 e. The summed E-state index contributed by atoms with van der Waals surface area (Å²) >= 11 is 7.66. The van der Waals surface area contributed by atoms with Crippen molar-refractivity contribution in [3.8, 4) is 0 Å². The fourth-order valence-corrected chi connectivity index (χ4v) is 3.31. The van der Waals surface area contributed by atoms with Crippen LogP contribution in [0.25, 0.3) is 0 Å². The first-order valence-corrected chi connectivity index (χ1v) is 8.39. The van der Waals surface area contributed by atoms with Gasteiger partial charge in [-0.05, 0) is 42.0 Å². The van der Waals surface area contributed by atoms with Crippen LogP contribution in [0.1, 0.15) is 46.8 Å². The van der Waals surface area contributed by atoms with Crippen LogP contribution in [0, 0.1) is 0 Å². The molecule has 2 rings (SSSR count). The third kappa shape index (κ3) is 4.29. The summed E-state index contributed by atoms with van der Waals surface area (Å²) in [5.41, 5.74) is 2.73. The van der Waals surface area contributed by atoms with Crippen molar-refractivity contribution in [2.24, 2.45) is 0 Å². The molecule has 112 valence electrons. The molecule has 0 aliphatic carbocycles. The number of hydrogen-bond donors (Lipinski definition) is 1. The van der Waals surface area contributed by atoms with E-state index in [1.165, 1.54) is 10.4 Å². The number of carbonyl (C=O) groups excluding carboxylic acids is 1. The number of carbonyl (C=O) groups is 1. The normalized spacial score (nSPS) is 10.6. The van der Waals surface area contributed by atoms with Crippen molar-refractivity contribution in [3.63, 3.8) is 0 Å². The average molecular weight is 323 g/mol. The van der Waals surface area contributed by atoms with E-state index in [0.29, 0.717) is 17.3 Å². The van der Waals surface area contributed by atoms with Gasteiger partial charge in [-0.25, -0.2) is 4.98 Å². The van der Waals surface area contributed by atoms with E-state index < -0.39 is 0 Å². The first-order valence-electron chi connectivity index (χ1n) is 7.14. The van der Waals surface area contributed by atoms with Gasteiger partial charge in [0.25, 0.3) is 5.91 Å². The summed E-state index contributed by atoms with van der Waals surface area (Å²) in [4.78, 5) is 17.7. The highest BCUT2D eigenvalue weighted by Crippen LogP contribution is 2.17. The third-order valence-corrected chi connectivity index (χ3v) is 4.40. The molecule has 0 aliphatic heterocycles. The summed E-state index contributed by atoms with van der Waals surface area (Å²) in [5, 5.41) is 5.39. The first kappa shape index (κ1) is 16.0. The zero-order chi connectivity index (χ0) is 15.2. The van der Waals surface area contributed by atoms with Gasteiger partial charge in [-0.1, -0.05) is 31.9 Å². The van der Waals surface area contributed by atoms with Crippen LogP contribution in [0.2, 0.25) is 5.15 Å². The van der Waals surface area contributed by atoms with Gasteiger partial charge in [-0.3, -0.25) is 4.79 Å². The number of hydrogen-bond acceptors (Lipinski definition) is 3. The van der Waals surface area contributed by atoms with Crippen LogP contribution in [0.15, 0.2) is 23.6 Å². The number of rotatable bonds is 6. The van der Waals surface area contributed by atoms with E-state index in [-0.39, 0.29) is 5.91 Å². The number of amides is 1. The largest absolute Gasteiger partial charge is 0.347 e. The molecule has 0 unspecified atom stereocenters. The van der Waals surface area contributed by atoms with Gasteiger partial charge in [0.15, 0.2) is 0 Å². The third-order valence-electron chi connectivity index (χ3n) is 3.24. The monoisotopic (exact) mass is 322 g/mol. The highest BCUT2D eigenvalue weighted by Gasteiger charge is 2.10. The molecule has 5 heteroatoms. The Hall–Kier alpha value is -1.39. The molecular formula is C16H19ClN2OS. The van der Waals surface area contributed by atoms with Gasteiger partial charge >= 0.3 is 0 Å². The van der Waals surface area contributed by atoms with Gasteiger partial charge in [0.2, 0.25) is 0 Å². The van der Waals surface area contributed by atoms with Crippen molar-refractivity contribution < 1.29 is 4.79 Å². The molecule has 0 fully saturated rings. The highest BCUT2D eigenvalue weighted by molar-refractivity contribution is 7.10. The number of nitrogens with zero attached hydrogens (tertiary/aromatic N) is 1. The quantitative estimate of drug-likeness (QED) is 0.808. The van der Waals surface area contributed by atoms with Gasteiger partial charge < -0.3 is 5.32 Å². The Morgan fingerprint density at radius 2 is 2.19 bits per heavy atom. The van der Waals surface area contributed by atoms with Gasteiger partial charge in [0.1, 0.15) is 5.15 Å². The second-order valence-electron chi connectivity index (χ2n) is 4.83. The number of aryl methyl sites for hydroxylation is 2. The molecule has 2 aromatic heterocycles. The second-order valence-corrected chi connectivity index (χ2v) is 6.21. The molecule has 2 aromatic rings. The maximum atomic E-state index is 12.3. The zero-order valence-electron chi connectivity index (χ0n) is 12.3. The molecule has 0 bridgehead atoms. The molecule has 0 aliphatic rings. The van der Waals surface area contributed by atoms with Crippen molar-refractivity contribution in [1.29, 1.82) is 0 Å². The van der Waals surface area contributed by atoms with Crippen molar-refractivity contribution >= 4 is 28.8 Å². The van der Waals surface area contributed by atoms with Crippen LogP contribution < -0.4 is 5.32 Å². The van der Waals surface area contributed by atoms with Crippen LogP contribution in [-0.4, -0.2) is 10.9 Å². The van der Waals surface area contributed by atoms with Gasteiger partial charge in [0.05, 0.1) is 6.54 Å². The molecule has 21 heavy (non-hydrogen) atoms. The Morgan fingerprint density at radius 1 is 1.38 bits per heavy atom. The molecule has 0 saturated heterocycles. The lowest BCUT2D eigenvalue weighted by Gasteiger charge is -2.07. The van der Waals surface area contributed by atoms with Gasteiger partial charge in [-0.15, -0.1) is 11.3 Å². The minimum absolute atomic E-state index is 0.105. The molecule has 0 atom stereocenters. The molecule has 1 N–H and O–H groups in total. The topological polar surface area (TPSA) is 42.0 Å². The number of aromatic nitrogens is 1. The molecule has 0 spiro atoms. The smallest absolute Gasteiger partial charge is 0.251 e. The van der Waals surface area contributed by atoms with E-state index in [0.717, 1.165) is 25.0 Å². The van der Waals surface area contributed by atoms with Crippen LogP contribution in [-0.2, 0) is 19.4 Å². The summed E-state index contributed by atoms with van der Waals surface area (Å²) < 4.78 is 0. The molecule has 0 radical (unpaired) electrons. The molecule has 0 saturated carbocycles. The van der Waals surface area contributed by atoms with Gasteiger partial charge in [0, 0.05) is 16.1 Å². The number of thiophene rings is 1. The standard InChI is InChI=1S/C16H19ClN2OS/c1-3-5-13-8-12(9-15(17)19-13)16(20)18-10-14-11(4-2)6-7-21-14/h6-9H,3-5,10H2,1-2H3,(H,18,20). The Bertz CT molecular complexity index is 624. The lowest BCUT2D eigenvalue weighted by atomic mass is 10.1. The molecule has 3 nitrogen and oxygen atoms in total. The Kier molecular flexibility index (Phi) is 5.76. The summed E-state index contributed by atoms with van der Waals surface area (Å²) in [6.45, 7) is 4.75. The number of pyridine rings is 1. The summed E-state index contributed by atoms with van der Waals surface area (Å²) in [6, 6.07) is 5.54. The fourth-order valence-electron chi connectivity index (χ4n) is 2.17. The zero-order valence-corrected chi connectivity index (χ0v) is 13.9. The van der Waals surface area contributed by atoms with E-state index in [2.05, 4.69) is 35.6 Å². The second kappa shape index (κ2) is 7.57. The van der Waals surface area contributed by atoms with E-state index in [1.54, 1.807) is 17.4 Å². The highest BCUT2D eigenvalue weighted by atomic mass is 35.5. The molecule has 0 aromatic carbocycles. The Labute approximate surface area is 134 Å². The molecule has 1 amide bonds. The van der Waals surface area contributed by atoms with Crippen LogP contribution in [0.3, 0.4) is 0 Å². The maximum absolute atomic E-state index is 12.3. The van der Waals surface area contributed by atoms with Crippen LogP contribution in [0.5, 0.6) is 0 Å². The predicted octanol–water partition coefficient (Wildman–Crippen LogP) is 4.24. The maximum Gasteiger partial charge on any atom is 0.251 e. The average Bonchev–Trinajstić information content (AvgIpc) is 2.92. The summed E-state index contributed by atoms with van der Waals surface area (Å²) in [7, 11) is 0. The van der Waals surface area contributed by atoms with Crippen molar-refractivity contribution in [3.05, 3.63) is 50.4 Å². The molecule has 2 heterocycles. The SMILES string of the molecule is CCCc1cc(C(=O)NCc2sccc2CC)cc(Cl)n1. The van der Waals surface area contributed by atoms with E-state index in [9.17, 15) is 4.79 Å². The fraction of sp³-hybridized carbons (Fsp3) is 0.375. The number of nitrogens with one attached hydrogen (secondary N) is 1. The first-order chi connectivity index (χ1) is 10.1. The molecular weight excluding hydrogens is 304 g/mol. The van der Waals surface area contributed by atoms with Gasteiger partial charge in [-0.2, -0.15) is 0 Å². The Morgan fingerprint density at radius 3 is 2.90 bits per heavy atom. The number of halogens is 1. The van der Waals surface area contributed by atoms with Crippen LogP contribution >= 0.6 is 22.9 Å². The van der Waals surface area contributed by atoms with Crippen molar-refractivity contribution in [2.75, 3.05) is 0 Å². The predicted molar refractivity (Wildman–Crippen MR) is 88.1 cm³/mol. The lowest BCUT2D eigenvalue weighted by molar-refractivity contribution is 0.0951. The minimum atomic E-state index is -0.105. The van der Waals surface area contributed by atoms with E-state index >= 15 is 0 Å². The van der Waals surface area contributed by atoms with Crippen LogP contribution in [0.4, 0.5) is 0 Å². The summed E-state index contributed by atoms with van der Waals surface area (Å²) in [6.07, 6.45) is 2.78. The Balaban J connectivity index is 2.06. The summed E-state index contributed by atoms with van der Waals surface area (Å²) in [5.74, 6) is -0.105. The van der Waals surface area contributed by atoms with E-state index in [1.807, 2.05) is 6.07 Å².